The van der Waals surface area contributed by atoms with Crippen LogP contribution in [-0.4, -0.2) is 29.4 Å². The molecule has 0 aliphatic heterocycles. The van der Waals surface area contributed by atoms with Crippen molar-refractivity contribution in [2.75, 3.05) is 18.9 Å². The predicted molar refractivity (Wildman–Crippen MR) is 118 cm³/mol. The van der Waals surface area contributed by atoms with Crippen molar-refractivity contribution in [3.8, 4) is 10.6 Å². The highest BCUT2D eigenvalue weighted by Gasteiger charge is 2.33. The molecule has 0 saturated carbocycles. The van der Waals surface area contributed by atoms with Gasteiger partial charge in [0, 0.05) is 17.5 Å². The zero-order valence-electron chi connectivity index (χ0n) is 17.5. The number of rotatable bonds is 7. The van der Waals surface area contributed by atoms with Gasteiger partial charge in [-0.15, -0.1) is 11.3 Å². The minimum absolute atomic E-state index is 0.0534. The maximum atomic E-state index is 13.1. The van der Waals surface area contributed by atoms with Gasteiger partial charge in [-0.25, -0.2) is 4.98 Å². The van der Waals surface area contributed by atoms with Crippen molar-refractivity contribution in [3.63, 3.8) is 0 Å². The number of amides is 1. The number of halogens is 3. The number of likely N-dealkylation sites (N-methyl/N-ethyl adjacent to an activating group) is 1. The largest absolute Gasteiger partial charge is 0.418 e. The van der Waals surface area contributed by atoms with Crippen LogP contribution in [0, 0.1) is 0 Å². The number of para-hydroxylation sites is 1. The third kappa shape index (κ3) is 6.15. The summed E-state index contributed by atoms with van der Waals surface area (Å²) in [7, 11) is 1.73. The monoisotopic (exact) mass is 447 g/mol. The molecule has 3 aromatic rings. The maximum Gasteiger partial charge on any atom is 0.418 e. The van der Waals surface area contributed by atoms with Crippen LogP contribution in [0.4, 0.5) is 18.9 Å². The van der Waals surface area contributed by atoms with Gasteiger partial charge in [-0.1, -0.05) is 50.2 Å². The number of nitrogens with one attached hydrogen (secondary N) is 1. The Kier molecular flexibility index (Phi) is 7.12. The maximum absolute atomic E-state index is 13.1. The molecule has 0 aliphatic rings. The van der Waals surface area contributed by atoms with Gasteiger partial charge in [-0.3, -0.25) is 9.69 Å². The lowest BCUT2D eigenvalue weighted by Crippen LogP contribution is -2.30. The SMILES string of the molecule is CC(C)c1ccc(-c2nc(CN(C)CC(=O)Nc3ccccc3C(F)(F)F)cs2)cc1. The molecule has 8 heteroatoms. The smallest absolute Gasteiger partial charge is 0.324 e. The van der Waals surface area contributed by atoms with Crippen LogP contribution in [0.2, 0.25) is 0 Å². The molecule has 164 valence electrons. The van der Waals surface area contributed by atoms with Crippen molar-refractivity contribution < 1.29 is 18.0 Å². The molecule has 1 heterocycles. The number of alkyl halides is 3. The molecule has 0 bridgehead atoms. The number of anilines is 1. The molecule has 0 radical (unpaired) electrons. The summed E-state index contributed by atoms with van der Waals surface area (Å²) < 4.78 is 39.3. The van der Waals surface area contributed by atoms with E-state index in [2.05, 4.69) is 36.3 Å². The highest BCUT2D eigenvalue weighted by Crippen LogP contribution is 2.34. The van der Waals surface area contributed by atoms with Gasteiger partial charge in [-0.2, -0.15) is 13.2 Å². The molecule has 0 fully saturated rings. The summed E-state index contributed by atoms with van der Waals surface area (Å²) in [6.45, 7) is 4.64. The van der Waals surface area contributed by atoms with Gasteiger partial charge in [0.2, 0.25) is 5.91 Å². The van der Waals surface area contributed by atoms with Gasteiger partial charge >= 0.3 is 6.18 Å². The summed E-state index contributed by atoms with van der Waals surface area (Å²) >= 11 is 1.52. The van der Waals surface area contributed by atoms with Gasteiger partial charge in [0.15, 0.2) is 0 Å². The average molecular weight is 448 g/mol. The van der Waals surface area contributed by atoms with Crippen LogP contribution in [-0.2, 0) is 17.5 Å². The molecule has 1 aromatic heterocycles. The molecule has 0 spiro atoms. The van der Waals surface area contributed by atoms with Crippen LogP contribution in [0.5, 0.6) is 0 Å². The first-order valence-electron chi connectivity index (χ1n) is 9.83. The van der Waals surface area contributed by atoms with E-state index in [1.807, 2.05) is 17.5 Å². The standard InChI is InChI=1S/C23H24F3N3OS/c1-15(2)16-8-10-17(11-9-16)22-27-18(14-31-22)12-29(3)13-21(30)28-20-7-5-4-6-19(20)23(24,25)26/h4-11,14-15H,12-13H2,1-3H3,(H,28,30). The molecule has 1 N–H and O–H groups in total. The minimum atomic E-state index is -4.53. The first-order chi connectivity index (χ1) is 14.6. The molecule has 0 saturated heterocycles. The summed E-state index contributed by atoms with van der Waals surface area (Å²) in [5.41, 5.74) is 2.00. The van der Waals surface area contributed by atoms with Gasteiger partial charge in [0.05, 0.1) is 23.5 Å². The number of aromatic nitrogens is 1. The van der Waals surface area contributed by atoms with E-state index in [9.17, 15) is 18.0 Å². The van der Waals surface area contributed by atoms with Gasteiger partial charge in [-0.05, 0) is 30.7 Å². The highest BCUT2D eigenvalue weighted by atomic mass is 32.1. The number of carbonyl (C=O) groups is 1. The lowest BCUT2D eigenvalue weighted by molar-refractivity contribution is -0.137. The van der Waals surface area contributed by atoms with E-state index >= 15 is 0 Å². The second kappa shape index (κ2) is 9.62. The summed E-state index contributed by atoms with van der Waals surface area (Å²) in [6, 6.07) is 13.2. The van der Waals surface area contributed by atoms with Crippen molar-refractivity contribution >= 4 is 22.9 Å². The average Bonchev–Trinajstić information content (AvgIpc) is 3.15. The summed E-state index contributed by atoms with van der Waals surface area (Å²) in [5.74, 6) is -0.0530. The Hall–Kier alpha value is -2.71. The first-order valence-corrected chi connectivity index (χ1v) is 10.7. The zero-order chi connectivity index (χ0) is 22.6. The van der Waals surface area contributed by atoms with E-state index in [1.54, 1.807) is 11.9 Å². The zero-order valence-corrected chi connectivity index (χ0v) is 18.3. The lowest BCUT2D eigenvalue weighted by atomic mass is 10.0. The van der Waals surface area contributed by atoms with Crippen molar-refractivity contribution in [1.82, 2.24) is 9.88 Å². The van der Waals surface area contributed by atoms with Crippen molar-refractivity contribution in [2.24, 2.45) is 0 Å². The highest BCUT2D eigenvalue weighted by molar-refractivity contribution is 7.13. The second-order valence-corrected chi connectivity index (χ2v) is 8.54. The van der Waals surface area contributed by atoms with Gasteiger partial charge < -0.3 is 5.32 Å². The van der Waals surface area contributed by atoms with Gasteiger partial charge in [0.1, 0.15) is 5.01 Å². The topological polar surface area (TPSA) is 45.2 Å². The number of benzene rings is 2. The number of nitrogens with zero attached hydrogens (tertiary/aromatic N) is 2. The normalized spacial score (nSPS) is 11.9. The Morgan fingerprint density at radius 2 is 1.81 bits per heavy atom. The molecular formula is C23H24F3N3OS. The molecular weight excluding hydrogens is 423 g/mol. The summed E-state index contributed by atoms with van der Waals surface area (Å²) in [5, 5.41) is 5.18. The Labute approximate surface area is 183 Å². The van der Waals surface area contributed by atoms with Crippen LogP contribution >= 0.6 is 11.3 Å². The van der Waals surface area contributed by atoms with Crippen LogP contribution < -0.4 is 5.32 Å². The molecule has 31 heavy (non-hydrogen) atoms. The van der Waals surface area contributed by atoms with Crippen molar-refractivity contribution in [3.05, 3.63) is 70.7 Å². The minimum Gasteiger partial charge on any atom is -0.324 e. The van der Waals surface area contributed by atoms with Crippen molar-refractivity contribution in [2.45, 2.75) is 32.5 Å². The quantitative estimate of drug-likeness (QED) is 0.482. The Bertz CT molecular complexity index is 1030. The van der Waals surface area contributed by atoms with E-state index in [4.69, 9.17) is 0 Å². The van der Waals surface area contributed by atoms with Crippen LogP contribution in [0.15, 0.2) is 53.9 Å². The Morgan fingerprint density at radius 1 is 1.13 bits per heavy atom. The van der Waals surface area contributed by atoms with Crippen molar-refractivity contribution in [1.29, 1.82) is 0 Å². The predicted octanol–water partition coefficient (Wildman–Crippen LogP) is 6.02. The fourth-order valence-corrected chi connectivity index (χ4v) is 3.95. The van der Waals surface area contributed by atoms with Gasteiger partial charge in [0.25, 0.3) is 0 Å². The fraction of sp³-hybridized carbons (Fsp3) is 0.304. The van der Waals surface area contributed by atoms with E-state index in [0.29, 0.717) is 12.5 Å². The molecule has 3 rings (SSSR count). The Morgan fingerprint density at radius 3 is 2.45 bits per heavy atom. The third-order valence-corrected chi connectivity index (χ3v) is 5.67. The van der Waals surface area contributed by atoms with E-state index < -0.39 is 17.6 Å². The van der Waals surface area contributed by atoms with E-state index in [1.165, 1.54) is 35.1 Å². The summed E-state index contributed by atoms with van der Waals surface area (Å²) in [4.78, 5) is 18.6. The number of thiazole rings is 1. The molecule has 0 unspecified atom stereocenters. The third-order valence-electron chi connectivity index (χ3n) is 4.73. The van der Waals surface area contributed by atoms with Crippen LogP contribution in [0.1, 0.15) is 36.6 Å². The second-order valence-electron chi connectivity index (χ2n) is 7.68. The molecule has 2 aromatic carbocycles. The first kappa shape index (κ1) is 23.0. The number of hydrogen-bond donors (Lipinski definition) is 1. The van der Waals surface area contributed by atoms with Crippen LogP contribution in [0.3, 0.4) is 0 Å². The molecule has 1 amide bonds. The fourth-order valence-electron chi connectivity index (χ4n) is 3.13. The van der Waals surface area contributed by atoms with Crippen LogP contribution in [0.25, 0.3) is 10.6 Å². The summed E-state index contributed by atoms with van der Waals surface area (Å²) in [6.07, 6.45) is -4.53. The molecule has 4 nitrogen and oxygen atoms in total. The Balaban J connectivity index is 1.59. The van der Waals surface area contributed by atoms with E-state index in [-0.39, 0.29) is 12.2 Å². The number of carbonyl (C=O) groups excluding carboxylic acids is 1. The lowest BCUT2D eigenvalue weighted by Gasteiger charge is -2.17. The molecule has 0 atom stereocenters. The molecule has 0 aliphatic carbocycles. The number of hydrogen-bond acceptors (Lipinski definition) is 4. The van der Waals surface area contributed by atoms with E-state index in [0.717, 1.165) is 22.3 Å².